The summed E-state index contributed by atoms with van der Waals surface area (Å²) in [6, 6.07) is 0. The lowest BCUT2D eigenvalue weighted by atomic mass is 10.1. The van der Waals surface area contributed by atoms with Gasteiger partial charge in [0.25, 0.3) is 0 Å². The molecule has 0 aliphatic rings. The first-order valence-electron chi connectivity index (χ1n) is 5.59. The molecule has 0 aliphatic heterocycles. The zero-order valence-corrected chi connectivity index (χ0v) is 10.8. The second kappa shape index (κ2) is 11.0. The first-order valence-corrected chi connectivity index (χ1v) is 5.59. The Balaban J connectivity index is 0. The summed E-state index contributed by atoms with van der Waals surface area (Å²) in [6.07, 6.45) is 0.224. The summed E-state index contributed by atoms with van der Waals surface area (Å²) < 4.78 is 4.33. The van der Waals surface area contributed by atoms with E-state index in [4.69, 9.17) is 15.3 Å². The minimum atomic E-state index is -1.26. The number of hydrogen-bond acceptors (Lipinski definition) is 5. The summed E-state index contributed by atoms with van der Waals surface area (Å²) in [5, 5.41) is 24.6. The molecular weight excluding hydrogens is 260 g/mol. The lowest BCUT2D eigenvalue weighted by molar-refractivity contribution is -0.155. The fourth-order valence-electron chi connectivity index (χ4n) is 0.977. The lowest BCUT2D eigenvalue weighted by Gasteiger charge is -2.02. The largest absolute Gasteiger partial charge is 0.481 e. The number of carbonyl (C=O) groups excluding carboxylic acids is 1. The Morgan fingerprint density at radius 2 is 1.47 bits per heavy atom. The molecule has 3 N–H and O–H groups in total. The van der Waals surface area contributed by atoms with Crippen molar-refractivity contribution in [1.29, 1.82) is 0 Å². The van der Waals surface area contributed by atoms with Crippen molar-refractivity contribution in [2.75, 3.05) is 6.61 Å². The Bertz CT molecular complexity index is 309. The van der Waals surface area contributed by atoms with Crippen LogP contribution in [0.15, 0.2) is 0 Å². The molecule has 0 bridgehead atoms. The van der Waals surface area contributed by atoms with Crippen LogP contribution in [0.4, 0.5) is 0 Å². The van der Waals surface area contributed by atoms with Crippen LogP contribution in [0.2, 0.25) is 0 Å². The van der Waals surface area contributed by atoms with E-state index in [1.54, 1.807) is 13.8 Å². The molecule has 0 fully saturated rings. The molecule has 0 aliphatic carbocycles. The van der Waals surface area contributed by atoms with Gasteiger partial charge in [-0.3, -0.25) is 19.2 Å². The van der Waals surface area contributed by atoms with E-state index in [-0.39, 0.29) is 13.0 Å². The van der Waals surface area contributed by atoms with Crippen LogP contribution in [0.3, 0.4) is 0 Å². The van der Waals surface area contributed by atoms with Crippen molar-refractivity contribution in [2.45, 2.75) is 33.1 Å². The number of rotatable bonds is 7. The van der Waals surface area contributed by atoms with Gasteiger partial charge in [0.1, 0.15) is 6.42 Å². The topological polar surface area (TPSA) is 138 Å². The second-order valence-corrected chi connectivity index (χ2v) is 3.39. The van der Waals surface area contributed by atoms with E-state index in [9.17, 15) is 19.2 Å². The molecule has 0 amide bonds. The van der Waals surface area contributed by atoms with E-state index in [0.717, 1.165) is 0 Å². The predicted octanol–water partition coefficient (Wildman–Crippen LogP) is 0.596. The van der Waals surface area contributed by atoms with Crippen LogP contribution >= 0.6 is 0 Å². The minimum Gasteiger partial charge on any atom is -0.481 e. The Kier molecular flexibility index (Phi) is 11.1. The van der Waals surface area contributed by atoms with Crippen molar-refractivity contribution in [2.24, 2.45) is 5.92 Å². The van der Waals surface area contributed by atoms with Gasteiger partial charge in [-0.15, -0.1) is 0 Å². The van der Waals surface area contributed by atoms with Crippen molar-refractivity contribution in [3.63, 3.8) is 0 Å². The molecule has 0 radical (unpaired) electrons. The highest BCUT2D eigenvalue weighted by Gasteiger charge is 2.23. The van der Waals surface area contributed by atoms with Gasteiger partial charge in [0.15, 0.2) is 5.92 Å². The summed E-state index contributed by atoms with van der Waals surface area (Å²) in [4.78, 5) is 40.3. The summed E-state index contributed by atoms with van der Waals surface area (Å²) in [5.41, 5.74) is 0. The third kappa shape index (κ3) is 12.1. The maximum Gasteiger partial charge on any atom is 0.317 e. The molecule has 0 unspecified atom stereocenters. The van der Waals surface area contributed by atoms with E-state index in [1.807, 2.05) is 0 Å². The third-order valence-electron chi connectivity index (χ3n) is 1.77. The number of carboxylic acid groups (broad SMARTS) is 3. The molecule has 110 valence electrons. The van der Waals surface area contributed by atoms with Gasteiger partial charge >= 0.3 is 23.9 Å². The number of ether oxygens (including phenoxy) is 1. The number of carboxylic acids is 3. The highest BCUT2D eigenvalue weighted by Crippen LogP contribution is 2.05. The van der Waals surface area contributed by atoms with Crippen molar-refractivity contribution >= 4 is 23.9 Å². The van der Waals surface area contributed by atoms with Crippen LogP contribution in [0.25, 0.3) is 0 Å². The number of aliphatic carboxylic acids is 3. The molecule has 0 spiro atoms. The standard InChI is InChI=1S/C6H10O4.C5H8O4/c1-2-3-4(5(7)8)6(9)10;1-2-9-5(8)3-4(6)7/h4H,2-3H2,1H3,(H,7,8)(H,9,10);2-3H2,1H3,(H,6,7). The Labute approximate surface area is 110 Å². The van der Waals surface area contributed by atoms with Gasteiger partial charge in [-0.05, 0) is 13.3 Å². The van der Waals surface area contributed by atoms with Crippen molar-refractivity contribution in [3.8, 4) is 0 Å². The molecule has 0 atom stereocenters. The maximum atomic E-state index is 10.3. The predicted molar refractivity (Wildman–Crippen MR) is 62.6 cm³/mol. The first kappa shape index (κ1) is 19.2. The van der Waals surface area contributed by atoms with E-state index < -0.39 is 36.2 Å². The van der Waals surface area contributed by atoms with Crippen LogP contribution in [0, 0.1) is 5.92 Å². The van der Waals surface area contributed by atoms with E-state index in [2.05, 4.69) is 4.74 Å². The van der Waals surface area contributed by atoms with Gasteiger partial charge < -0.3 is 20.1 Å². The normalized spacial score (nSPS) is 9.21. The highest BCUT2D eigenvalue weighted by atomic mass is 16.5. The van der Waals surface area contributed by atoms with Crippen LogP contribution < -0.4 is 0 Å². The molecule has 8 heteroatoms. The van der Waals surface area contributed by atoms with Gasteiger partial charge in [0.05, 0.1) is 6.61 Å². The van der Waals surface area contributed by atoms with Crippen molar-refractivity contribution in [3.05, 3.63) is 0 Å². The Morgan fingerprint density at radius 1 is 1.00 bits per heavy atom. The molecule has 0 heterocycles. The monoisotopic (exact) mass is 278 g/mol. The van der Waals surface area contributed by atoms with Crippen LogP contribution in [-0.4, -0.2) is 45.8 Å². The van der Waals surface area contributed by atoms with Crippen molar-refractivity contribution < 1.29 is 39.2 Å². The fraction of sp³-hybridized carbons (Fsp3) is 0.636. The quantitative estimate of drug-likeness (QED) is 0.454. The molecule has 0 saturated carbocycles. The van der Waals surface area contributed by atoms with Crippen molar-refractivity contribution in [1.82, 2.24) is 0 Å². The molecular formula is C11H18O8. The first-order chi connectivity index (χ1) is 8.76. The second-order valence-electron chi connectivity index (χ2n) is 3.39. The lowest BCUT2D eigenvalue weighted by Crippen LogP contribution is -2.22. The smallest absolute Gasteiger partial charge is 0.317 e. The maximum absolute atomic E-state index is 10.3. The fourth-order valence-corrected chi connectivity index (χ4v) is 0.977. The Hall–Kier alpha value is -2.12. The molecule has 0 saturated heterocycles. The molecule has 0 rings (SSSR count). The van der Waals surface area contributed by atoms with E-state index in [0.29, 0.717) is 6.42 Å². The summed E-state index contributed by atoms with van der Waals surface area (Å²) >= 11 is 0. The summed E-state index contributed by atoms with van der Waals surface area (Å²) in [7, 11) is 0. The molecule has 19 heavy (non-hydrogen) atoms. The third-order valence-corrected chi connectivity index (χ3v) is 1.77. The number of carbonyl (C=O) groups is 4. The van der Waals surface area contributed by atoms with Crippen LogP contribution in [0.5, 0.6) is 0 Å². The molecule has 0 aromatic carbocycles. The Morgan fingerprint density at radius 3 is 1.68 bits per heavy atom. The SMILES string of the molecule is CCCC(C(=O)O)C(=O)O.CCOC(=O)CC(=O)O. The van der Waals surface area contributed by atoms with Gasteiger partial charge in [0, 0.05) is 0 Å². The average molecular weight is 278 g/mol. The summed E-state index contributed by atoms with van der Waals surface area (Å²) in [6.45, 7) is 3.60. The number of esters is 1. The van der Waals surface area contributed by atoms with E-state index >= 15 is 0 Å². The molecule has 0 aromatic rings. The summed E-state index contributed by atoms with van der Waals surface area (Å²) in [5.74, 6) is -5.59. The zero-order chi connectivity index (χ0) is 15.4. The molecule has 8 nitrogen and oxygen atoms in total. The van der Waals surface area contributed by atoms with E-state index in [1.165, 1.54) is 0 Å². The van der Waals surface area contributed by atoms with Crippen LogP contribution in [-0.2, 0) is 23.9 Å². The highest BCUT2D eigenvalue weighted by molar-refractivity contribution is 5.92. The zero-order valence-electron chi connectivity index (χ0n) is 10.8. The van der Waals surface area contributed by atoms with Gasteiger partial charge in [-0.25, -0.2) is 0 Å². The number of hydrogen-bond donors (Lipinski definition) is 3. The van der Waals surface area contributed by atoms with Crippen LogP contribution in [0.1, 0.15) is 33.1 Å². The average Bonchev–Trinajstić information content (AvgIpc) is 2.25. The van der Waals surface area contributed by atoms with Gasteiger partial charge in [-0.2, -0.15) is 0 Å². The van der Waals surface area contributed by atoms with Gasteiger partial charge in [-0.1, -0.05) is 13.3 Å². The minimum absolute atomic E-state index is 0.199. The molecule has 0 aromatic heterocycles. The van der Waals surface area contributed by atoms with Gasteiger partial charge in [0.2, 0.25) is 0 Å².